The molecular weight excluding hydrogens is 252 g/mol. The lowest BCUT2D eigenvalue weighted by atomic mass is 10.3. The maximum Gasteiger partial charge on any atom is 0.239 e. The molecule has 0 aliphatic rings. The molecule has 0 spiro atoms. The number of nitrogens with two attached hydrogens (primary N) is 1. The molecule has 0 aliphatic heterocycles. The van der Waals surface area contributed by atoms with Gasteiger partial charge in [0.2, 0.25) is 5.88 Å². The molecule has 0 fully saturated rings. The monoisotopic (exact) mass is 280 g/mol. The van der Waals surface area contributed by atoms with Gasteiger partial charge in [-0.2, -0.15) is 4.98 Å². The molecule has 1 aromatic rings. The lowest BCUT2D eigenvalue weighted by Crippen LogP contribution is -2.28. The summed E-state index contributed by atoms with van der Waals surface area (Å²) in [5.41, 5.74) is 6.42. The first-order chi connectivity index (χ1) is 9.54. The van der Waals surface area contributed by atoms with Crippen molar-refractivity contribution in [3.05, 3.63) is 12.1 Å². The second-order valence-electron chi connectivity index (χ2n) is 5.29. The van der Waals surface area contributed by atoms with Crippen LogP contribution in [0.25, 0.3) is 0 Å². The molecular formula is C15H28N4O. The van der Waals surface area contributed by atoms with E-state index in [-0.39, 0.29) is 0 Å². The zero-order chi connectivity index (χ0) is 15.0. The van der Waals surface area contributed by atoms with Gasteiger partial charge in [0, 0.05) is 12.6 Å². The van der Waals surface area contributed by atoms with E-state index in [1.807, 2.05) is 12.1 Å². The molecule has 114 valence electrons. The van der Waals surface area contributed by atoms with Crippen molar-refractivity contribution in [3.63, 3.8) is 0 Å². The highest BCUT2D eigenvalue weighted by molar-refractivity contribution is 5.53. The van der Waals surface area contributed by atoms with Gasteiger partial charge in [-0.3, -0.25) is 0 Å². The van der Waals surface area contributed by atoms with Crippen molar-refractivity contribution in [1.29, 1.82) is 0 Å². The first-order valence-corrected chi connectivity index (χ1v) is 7.38. The van der Waals surface area contributed by atoms with Crippen LogP contribution in [0.4, 0.5) is 11.5 Å². The van der Waals surface area contributed by atoms with Crippen LogP contribution in [0.2, 0.25) is 0 Å². The van der Waals surface area contributed by atoms with Crippen molar-refractivity contribution >= 4 is 11.5 Å². The number of ether oxygens (including phenoxy) is 1. The second-order valence-corrected chi connectivity index (χ2v) is 5.29. The fourth-order valence-electron chi connectivity index (χ4n) is 1.67. The molecule has 5 heteroatoms. The number of rotatable bonds is 9. The highest BCUT2D eigenvalue weighted by atomic mass is 16.5. The summed E-state index contributed by atoms with van der Waals surface area (Å²) >= 11 is 0. The quantitative estimate of drug-likeness (QED) is 0.681. The normalized spacial score (nSPS) is 11.1. The van der Waals surface area contributed by atoms with Gasteiger partial charge in [0.1, 0.15) is 5.82 Å². The molecule has 0 radical (unpaired) electrons. The molecule has 0 bridgehead atoms. The minimum atomic E-state index is 0.524. The lowest BCUT2D eigenvalue weighted by Gasteiger charge is -2.20. The Bertz CT molecular complexity index is 395. The molecule has 5 nitrogen and oxygen atoms in total. The summed E-state index contributed by atoms with van der Waals surface area (Å²) in [7, 11) is 2.14. The Hall–Kier alpha value is -1.49. The summed E-state index contributed by atoms with van der Waals surface area (Å²) in [6.07, 6.45) is 2.02. The van der Waals surface area contributed by atoms with Crippen LogP contribution in [-0.2, 0) is 0 Å². The minimum Gasteiger partial charge on any atom is -0.476 e. The fraction of sp³-hybridized carbons (Fsp3) is 0.667. The van der Waals surface area contributed by atoms with Crippen molar-refractivity contribution in [2.75, 3.05) is 37.8 Å². The molecule has 0 atom stereocenters. The highest BCUT2D eigenvalue weighted by Gasteiger charge is 2.05. The van der Waals surface area contributed by atoms with Gasteiger partial charge in [0.25, 0.3) is 0 Å². The fourth-order valence-corrected chi connectivity index (χ4v) is 1.67. The van der Waals surface area contributed by atoms with Crippen LogP contribution in [0.3, 0.4) is 0 Å². The number of anilines is 2. The van der Waals surface area contributed by atoms with E-state index in [1.165, 1.54) is 0 Å². The molecule has 0 aromatic carbocycles. The molecule has 0 saturated heterocycles. The highest BCUT2D eigenvalue weighted by Crippen LogP contribution is 2.20. The Morgan fingerprint density at radius 1 is 1.40 bits per heavy atom. The van der Waals surface area contributed by atoms with Crippen LogP contribution in [0.5, 0.6) is 5.88 Å². The molecule has 0 unspecified atom stereocenters. The molecule has 0 saturated carbocycles. The SMILES string of the molecule is CCCOc1nc(NCCCN(C)C(C)C)ccc1N. The van der Waals surface area contributed by atoms with E-state index >= 15 is 0 Å². The third-order valence-electron chi connectivity index (χ3n) is 3.21. The molecule has 3 N–H and O–H groups in total. The van der Waals surface area contributed by atoms with Crippen molar-refractivity contribution in [1.82, 2.24) is 9.88 Å². The minimum absolute atomic E-state index is 0.524. The average Bonchev–Trinajstić information content (AvgIpc) is 2.43. The van der Waals surface area contributed by atoms with Crippen LogP contribution in [0.1, 0.15) is 33.6 Å². The zero-order valence-electron chi connectivity index (χ0n) is 13.1. The van der Waals surface area contributed by atoms with Gasteiger partial charge >= 0.3 is 0 Å². The van der Waals surface area contributed by atoms with Crippen molar-refractivity contribution in [2.45, 2.75) is 39.7 Å². The smallest absolute Gasteiger partial charge is 0.239 e. The Kier molecular flexibility index (Phi) is 7.15. The van der Waals surface area contributed by atoms with Gasteiger partial charge in [-0.1, -0.05) is 6.92 Å². The maximum absolute atomic E-state index is 5.84. The van der Waals surface area contributed by atoms with Crippen LogP contribution in [0, 0.1) is 0 Å². The summed E-state index contributed by atoms with van der Waals surface area (Å²) in [5.74, 6) is 1.34. The van der Waals surface area contributed by atoms with Gasteiger partial charge in [-0.15, -0.1) is 0 Å². The van der Waals surface area contributed by atoms with E-state index in [0.717, 1.165) is 31.7 Å². The lowest BCUT2D eigenvalue weighted by molar-refractivity contribution is 0.273. The second kappa shape index (κ2) is 8.64. The Morgan fingerprint density at radius 2 is 2.15 bits per heavy atom. The molecule has 1 aromatic heterocycles. The first-order valence-electron chi connectivity index (χ1n) is 7.38. The summed E-state index contributed by atoms with van der Waals surface area (Å²) in [4.78, 5) is 6.72. The van der Waals surface area contributed by atoms with Crippen LogP contribution in [-0.4, -0.2) is 42.7 Å². The summed E-state index contributed by atoms with van der Waals surface area (Å²) in [5, 5.41) is 3.31. The van der Waals surface area contributed by atoms with Crippen LogP contribution >= 0.6 is 0 Å². The third-order valence-corrected chi connectivity index (χ3v) is 3.21. The predicted octanol–water partition coefficient (Wildman–Crippen LogP) is 2.59. The third kappa shape index (κ3) is 5.65. The molecule has 20 heavy (non-hydrogen) atoms. The number of aromatic nitrogens is 1. The zero-order valence-corrected chi connectivity index (χ0v) is 13.1. The van der Waals surface area contributed by atoms with Gasteiger partial charge in [0.05, 0.1) is 12.3 Å². The summed E-state index contributed by atoms with van der Waals surface area (Å²) < 4.78 is 5.52. The van der Waals surface area contributed by atoms with E-state index in [4.69, 9.17) is 10.5 Å². The van der Waals surface area contributed by atoms with Gasteiger partial charge in [-0.05, 0) is 52.4 Å². The Morgan fingerprint density at radius 3 is 2.80 bits per heavy atom. The Balaban J connectivity index is 2.40. The summed E-state index contributed by atoms with van der Waals surface area (Å²) in [6.45, 7) is 9.06. The number of nitrogen functional groups attached to an aromatic ring is 1. The topological polar surface area (TPSA) is 63.4 Å². The van der Waals surface area contributed by atoms with E-state index in [0.29, 0.717) is 24.2 Å². The first kappa shape index (κ1) is 16.6. The molecule has 0 amide bonds. The van der Waals surface area contributed by atoms with Gasteiger partial charge in [-0.25, -0.2) is 0 Å². The van der Waals surface area contributed by atoms with Crippen LogP contribution < -0.4 is 15.8 Å². The molecule has 1 heterocycles. The van der Waals surface area contributed by atoms with Crippen molar-refractivity contribution in [3.8, 4) is 5.88 Å². The molecule has 0 aliphatic carbocycles. The maximum atomic E-state index is 5.84. The summed E-state index contributed by atoms with van der Waals surface area (Å²) in [6, 6.07) is 4.31. The van der Waals surface area contributed by atoms with E-state index in [2.05, 4.69) is 43.0 Å². The van der Waals surface area contributed by atoms with E-state index in [1.54, 1.807) is 0 Å². The van der Waals surface area contributed by atoms with E-state index in [9.17, 15) is 0 Å². The van der Waals surface area contributed by atoms with Gasteiger partial charge in [0.15, 0.2) is 0 Å². The largest absolute Gasteiger partial charge is 0.476 e. The number of nitrogens with one attached hydrogen (secondary N) is 1. The standard InChI is InChI=1S/C15H28N4O/c1-5-11-20-15-13(16)7-8-14(18-15)17-9-6-10-19(4)12(2)3/h7-8,12H,5-6,9-11,16H2,1-4H3,(H,17,18). The number of hydrogen-bond acceptors (Lipinski definition) is 5. The van der Waals surface area contributed by atoms with Crippen LogP contribution in [0.15, 0.2) is 12.1 Å². The number of pyridine rings is 1. The number of nitrogens with zero attached hydrogens (tertiary/aromatic N) is 2. The average molecular weight is 280 g/mol. The van der Waals surface area contributed by atoms with Crippen molar-refractivity contribution in [2.24, 2.45) is 0 Å². The molecule has 1 rings (SSSR count). The van der Waals surface area contributed by atoms with E-state index < -0.39 is 0 Å². The Labute approximate surface area is 122 Å². The number of hydrogen-bond donors (Lipinski definition) is 2. The van der Waals surface area contributed by atoms with Crippen molar-refractivity contribution < 1.29 is 4.74 Å². The predicted molar refractivity (Wildman–Crippen MR) is 85.3 cm³/mol. The van der Waals surface area contributed by atoms with Gasteiger partial charge < -0.3 is 20.7 Å².